The SMILES string of the molecule is C=C(C)C(=O)OCC(COC(=O)OC(C)C)OC(=O)OC(C)C. The Morgan fingerprint density at radius 1 is 0.826 bits per heavy atom. The van der Waals surface area contributed by atoms with Crippen LogP contribution in [0, 0.1) is 0 Å². The van der Waals surface area contributed by atoms with Crippen molar-refractivity contribution in [1.82, 2.24) is 0 Å². The summed E-state index contributed by atoms with van der Waals surface area (Å²) in [5, 5.41) is 0. The summed E-state index contributed by atoms with van der Waals surface area (Å²) < 4.78 is 24.2. The van der Waals surface area contributed by atoms with Crippen LogP contribution < -0.4 is 0 Å². The largest absolute Gasteiger partial charge is 0.509 e. The number of carbonyl (C=O) groups excluding carboxylic acids is 3. The van der Waals surface area contributed by atoms with Crippen LogP contribution in [0.4, 0.5) is 9.59 Å². The van der Waals surface area contributed by atoms with Gasteiger partial charge in [-0.25, -0.2) is 14.4 Å². The van der Waals surface area contributed by atoms with Crippen LogP contribution in [-0.4, -0.2) is 49.8 Å². The molecule has 1 atom stereocenters. The van der Waals surface area contributed by atoms with Gasteiger partial charge in [-0.05, 0) is 34.6 Å². The van der Waals surface area contributed by atoms with E-state index in [1.807, 2.05) is 0 Å². The maximum atomic E-state index is 11.5. The first-order valence-electron chi connectivity index (χ1n) is 7.15. The normalized spacial score (nSPS) is 11.6. The van der Waals surface area contributed by atoms with E-state index < -0.39 is 24.4 Å². The van der Waals surface area contributed by atoms with E-state index in [1.54, 1.807) is 27.7 Å². The minimum Gasteiger partial charge on any atom is -0.458 e. The topological polar surface area (TPSA) is 97.4 Å². The molecule has 0 N–H and O–H groups in total. The summed E-state index contributed by atoms with van der Waals surface area (Å²) >= 11 is 0. The Balaban J connectivity index is 4.53. The molecule has 132 valence electrons. The van der Waals surface area contributed by atoms with Crippen molar-refractivity contribution in [3.05, 3.63) is 12.2 Å². The van der Waals surface area contributed by atoms with Crippen LogP contribution in [-0.2, 0) is 28.5 Å². The zero-order chi connectivity index (χ0) is 18.0. The Bertz CT molecular complexity index is 427. The van der Waals surface area contributed by atoms with Gasteiger partial charge in [-0.2, -0.15) is 0 Å². The second-order valence-corrected chi connectivity index (χ2v) is 5.26. The summed E-state index contributed by atoms with van der Waals surface area (Å²) in [7, 11) is 0. The molecule has 0 bridgehead atoms. The second kappa shape index (κ2) is 10.5. The minimum atomic E-state index is -1.02. The number of rotatable bonds is 8. The smallest absolute Gasteiger partial charge is 0.458 e. The number of carbonyl (C=O) groups is 3. The summed E-state index contributed by atoms with van der Waals surface area (Å²) in [6, 6.07) is 0. The van der Waals surface area contributed by atoms with Crippen LogP contribution in [0.1, 0.15) is 34.6 Å². The molecule has 0 aliphatic rings. The molecule has 0 aliphatic heterocycles. The van der Waals surface area contributed by atoms with E-state index in [2.05, 4.69) is 6.58 Å². The van der Waals surface area contributed by atoms with Crippen molar-refractivity contribution in [2.75, 3.05) is 13.2 Å². The maximum absolute atomic E-state index is 11.5. The molecule has 8 heteroatoms. The van der Waals surface area contributed by atoms with Crippen molar-refractivity contribution in [1.29, 1.82) is 0 Å². The van der Waals surface area contributed by atoms with Crippen molar-refractivity contribution >= 4 is 18.3 Å². The third-order valence-electron chi connectivity index (χ3n) is 2.06. The van der Waals surface area contributed by atoms with Gasteiger partial charge in [-0.15, -0.1) is 0 Å². The third kappa shape index (κ3) is 11.0. The molecular weight excluding hydrogens is 308 g/mol. The van der Waals surface area contributed by atoms with Gasteiger partial charge < -0.3 is 23.7 Å². The third-order valence-corrected chi connectivity index (χ3v) is 2.06. The lowest BCUT2D eigenvalue weighted by atomic mass is 10.3. The Labute approximate surface area is 135 Å². The van der Waals surface area contributed by atoms with Crippen molar-refractivity contribution in [2.24, 2.45) is 0 Å². The van der Waals surface area contributed by atoms with E-state index in [0.29, 0.717) is 0 Å². The van der Waals surface area contributed by atoms with Crippen LogP contribution in [0.2, 0.25) is 0 Å². The summed E-state index contributed by atoms with van der Waals surface area (Å²) in [5.41, 5.74) is 0.189. The molecule has 0 radical (unpaired) electrons. The average Bonchev–Trinajstić information content (AvgIpc) is 2.39. The summed E-state index contributed by atoms with van der Waals surface area (Å²) in [4.78, 5) is 34.2. The first-order chi connectivity index (χ1) is 10.6. The molecular formula is C15H24O8. The van der Waals surface area contributed by atoms with Gasteiger partial charge in [-0.3, -0.25) is 0 Å². The molecule has 1 unspecified atom stereocenters. The van der Waals surface area contributed by atoms with Crippen LogP contribution in [0.15, 0.2) is 12.2 Å². The van der Waals surface area contributed by atoms with Crippen LogP contribution in [0.5, 0.6) is 0 Å². The lowest BCUT2D eigenvalue weighted by Crippen LogP contribution is -2.32. The van der Waals surface area contributed by atoms with Crippen molar-refractivity contribution in [2.45, 2.75) is 52.9 Å². The van der Waals surface area contributed by atoms with Crippen molar-refractivity contribution < 1.29 is 38.1 Å². The zero-order valence-corrected chi connectivity index (χ0v) is 14.1. The fourth-order valence-electron chi connectivity index (χ4n) is 1.15. The summed E-state index contributed by atoms with van der Waals surface area (Å²) in [5.74, 6) is -0.652. The first-order valence-corrected chi connectivity index (χ1v) is 7.15. The van der Waals surface area contributed by atoms with E-state index in [9.17, 15) is 14.4 Å². The van der Waals surface area contributed by atoms with Gasteiger partial charge in [0.05, 0.1) is 12.2 Å². The number of esters is 1. The van der Waals surface area contributed by atoms with Gasteiger partial charge in [0.15, 0.2) is 6.10 Å². The molecule has 0 aromatic carbocycles. The van der Waals surface area contributed by atoms with Crippen molar-refractivity contribution in [3.63, 3.8) is 0 Å². The number of hydrogen-bond acceptors (Lipinski definition) is 8. The highest BCUT2D eigenvalue weighted by molar-refractivity contribution is 5.86. The lowest BCUT2D eigenvalue weighted by Gasteiger charge is -2.18. The molecule has 0 saturated carbocycles. The molecule has 8 nitrogen and oxygen atoms in total. The van der Waals surface area contributed by atoms with Gasteiger partial charge in [0.2, 0.25) is 0 Å². The standard InChI is InChI=1S/C15H24O8/c1-9(2)13(16)19-7-12(23-15(18)22-11(5)6)8-20-14(17)21-10(3)4/h10-12H,1,7-8H2,2-6H3. The molecule has 0 fully saturated rings. The molecule has 0 rings (SSSR count). The fourth-order valence-corrected chi connectivity index (χ4v) is 1.15. The average molecular weight is 332 g/mol. The second-order valence-electron chi connectivity index (χ2n) is 5.26. The summed E-state index contributed by atoms with van der Waals surface area (Å²) in [6.45, 7) is 10.9. The highest BCUT2D eigenvalue weighted by Crippen LogP contribution is 2.04. The minimum absolute atomic E-state index is 0.189. The highest BCUT2D eigenvalue weighted by Gasteiger charge is 2.21. The highest BCUT2D eigenvalue weighted by atomic mass is 16.8. The molecule has 0 saturated heterocycles. The Hall–Kier alpha value is -2.25. The fraction of sp³-hybridized carbons (Fsp3) is 0.667. The predicted octanol–water partition coefficient (Wildman–Crippen LogP) is 2.60. The molecule has 0 heterocycles. The van der Waals surface area contributed by atoms with E-state index in [4.69, 9.17) is 23.7 Å². The molecule has 23 heavy (non-hydrogen) atoms. The van der Waals surface area contributed by atoms with Gasteiger partial charge in [0, 0.05) is 5.57 Å². The van der Waals surface area contributed by atoms with Crippen molar-refractivity contribution in [3.8, 4) is 0 Å². The quantitative estimate of drug-likeness (QED) is 0.380. The summed E-state index contributed by atoms with van der Waals surface area (Å²) in [6.07, 6.45) is -3.64. The predicted molar refractivity (Wildman–Crippen MR) is 79.8 cm³/mol. The van der Waals surface area contributed by atoms with E-state index >= 15 is 0 Å². The molecule has 0 aliphatic carbocycles. The van der Waals surface area contributed by atoms with Gasteiger partial charge >= 0.3 is 18.3 Å². The van der Waals surface area contributed by atoms with E-state index in [-0.39, 0.29) is 31.0 Å². The Kier molecular flexibility index (Phi) is 9.45. The van der Waals surface area contributed by atoms with Gasteiger partial charge in [0.1, 0.15) is 13.2 Å². The van der Waals surface area contributed by atoms with Gasteiger partial charge in [0.25, 0.3) is 0 Å². The zero-order valence-electron chi connectivity index (χ0n) is 14.1. The monoisotopic (exact) mass is 332 g/mol. The molecule has 0 amide bonds. The number of ether oxygens (including phenoxy) is 5. The first kappa shape index (κ1) is 20.8. The lowest BCUT2D eigenvalue weighted by molar-refractivity contribution is -0.143. The molecule has 0 spiro atoms. The maximum Gasteiger partial charge on any atom is 0.509 e. The molecule has 0 aromatic heterocycles. The van der Waals surface area contributed by atoms with Crippen LogP contribution in [0.3, 0.4) is 0 Å². The van der Waals surface area contributed by atoms with E-state index in [1.165, 1.54) is 6.92 Å². The molecule has 0 aromatic rings. The Morgan fingerprint density at radius 2 is 1.30 bits per heavy atom. The van der Waals surface area contributed by atoms with Crippen LogP contribution >= 0.6 is 0 Å². The van der Waals surface area contributed by atoms with Crippen LogP contribution in [0.25, 0.3) is 0 Å². The Morgan fingerprint density at radius 3 is 1.78 bits per heavy atom. The van der Waals surface area contributed by atoms with Gasteiger partial charge in [-0.1, -0.05) is 6.58 Å². The van der Waals surface area contributed by atoms with E-state index in [0.717, 1.165) is 0 Å². The number of hydrogen-bond donors (Lipinski definition) is 0.